The van der Waals surface area contributed by atoms with E-state index in [0.717, 1.165) is 25.8 Å². The molecule has 0 radical (unpaired) electrons. The Bertz CT molecular complexity index is 397. The van der Waals surface area contributed by atoms with Crippen molar-refractivity contribution in [2.24, 2.45) is 0 Å². The first kappa shape index (κ1) is 13.3. The first-order valence-corrected chi connectivity index (χ1v) is 6.53. The third kappa shape index (κ3) is 3.43. The maximum atomic E-state index is 5.86. The minimum atomic E-state index is 0.203. The van der Waals surface area contributed by atoms with Gasteiger partial charge in [0.2, 0.25) is 17.2 Å². The largest absolute Gasteiger partial charge is 0.381 e. The molecule has 0 aliphatic heterocycles. The van der Waals surface area contributed by atoms with E-state index < -0.39 is 0 Å². The molecule has 1 heterocycles. The van der Waals surface area contributed by atoms with E-state index in [-0.39, 0.29) is 5.28 Å². The number of ether oxygens (including phenoxy) is 1. The minimum absolute atomic E-state index is 0.203. The molecule has 0 spiro atoms. The Morgan fingerprint density at radius 1 is 1.28 bits per heavy atom. The van der Waals surface area contributed by atoms with Gasteiger partial charge < -0.3 is 15.4 Å². The first-order chi connectivity index (χ1) is 8.71. The number of nitrogens with one attached hydrogen (secondary N) is 2. The molecule has 0 bridgehead atoms. The fraction of sp³-hybridized carbons (Fsp3) is 0.727. The van der Waals surface area contributed by atoms with Gasteiger partial charge in [0.25, 0.3) is 0 Å². The van der Waals surface area contributed by atoms with E-state index in [1.54, 1.807) is 7.11 Å². The lowest BCUT2D eigenvalue weighted by molar-refractivity contribution is 0.0327. The van der Waals surface area contributed by atoms with Crippen molar-refractivity contribution in [1.29, 1.82) is 0 Å². The van der Waals surface area contributed by atoms with Crippen LogP contribution < -0.4 is 10.6 Å². The molecular weight excluding hydrogens is 254 g/mol. The van der Waals surface area contributed by atoms with Gasteiger partial charge in [-0.1, -0.05) is 6.92 Å². The zero-order valence-electron chi connectivity index (χ0n) is 10.6. The smallest absolute Gasteiger partial charge is 0.229 e. The van der Waals surface area contributed by atoms with Crippen molar-refractivity contribution < 1.29 is 4.74 Å². The van der Waals surface area contributed by atoms with E-state index in [1.807, 2.05) is 0 Å². The van der Waals surface area contributed by atoms with E-state index in [1.165, 1.54) is 0 Å². The van der Waals surface area contributed by atoms with Gasteiger partial charge in [-0.25, -0.2) is 0 Å². The molecule has 100 valence electrons. The van der Waals surface area contributed by atoms with Crippen molar-refractivity contribution in [1.82, 2.24) is 15.0 Å². The summed E-state index contributed by atoms with van der Waals surface area (Å²) >= 11 is 5.86. The van der Waals surface area contributed by atoms with E-state index in [4.69, 9.17) is 16.3 Å². The average molecular weight is 272 g/mol. The van der Waals surface area contributed by atoms with Crippen LogP contribution in [0.3, 0.4) is 0 Å². The average Bonchev–Trinajstić information content (AvgIpc) is 2.30. The summed E-state index contributed by atoms with van der Waals surface area (Å²) in [6.07, 6.45) is 3.29. The van der Waals surface area contributed by atoms with Crippen molar-refractivity contribution in [3.8, 4) is 0 Å². The number of aromatic nitrogens is 3. The first-order valence-electron chi connectivity index (χ1n) is 6.16. The molecule has 1 aromatic heterocycles. The number of methoxy groups -OCH3 is 1. The normalized spacial score (nSPS) is 22.4. The molecule has 18 heavy (non-hydrogen) atoms. The molecule has 0 aromatic carbocycles. The van der Waals surface area contributed by atoms with Crippen LogP contribution in [0.15, 0.2) is 0 Å². The fourth-order valence-corrected chi connectivity index (χ4v) is 1.95. The number of hydrogen-bond acceptors (Lipinski definition) is 6. The van der Waals surface area contributed by atoms with Crippen molar-refractivity contribution >= 4 is 23.5 Å². The number of halogens is 1. The van der Waals surface area contributed by atoms with Gasteiger partial charge in [-0.15, -0.1) is 0 Å². The third-order valence-electron chi connectivity index (χ3n) is 2.90. The lowest BCUT2D eigenvalue weighted by Crippen LogP contribution is -2.40. The molecule has 1 aliphatic carbocycles. The van der Waals surface area contributed by atoms with Crippen LogP contribution in [-0.4, -0.2) is 40.8 Å². The molecule has 1 fully saturated rings. The zero-order chi connectivity index (χ0) is 13.0. The molecule has 6 nitrogen and oxygen atoms in total. The van der Waals surface area contributed by atoms with E-state index in [2.05, 4.69) is 32.5 Å². The maximum absolute atomic E-state index is 5.86. The van der Waals surface area contributed by atoms with Crippen molar-refractivity contribution in [2.45, 2.75) is 38.3 Å². The van der Waals surface area contributed by atoms with Gasteiger partial charge in [0.05, 0.1) is 6.10 Å². The highest BCUT2D eigenvalue weighted by molar-refractivity contribution is 6.28. The summed E-state index contributed by atoms with van der Waals surface area (Å²) in [5.74, 6) is 1.04. The molecule has 7 heteroatoms. The molecule has 1 aromatic rings. The van der Waals surface area contributed by atoms with Gasteiger partial charge in [0, 0.05) is 19.7 Å². The molecule has 1 saturated carbocycles. The van der Waals surface area contributed by atoms with Crippen LogP contribution in [0.5, 0.6) is 0 Å². The standard InChI is InChI=1S/C11H18ClN5O/c1-3-4-13-10-15-9(12)16-11(17-10)14-7-5-8(6-7)18-2/h7-8H,3-6H2,1-2H3,(H2,13,14,15,16,17). The van der Waals surface area contributed by atoms with Crippen molar-refractivity contribution in [3.63, 3.8) is 0 Å². The van der Waals surface area contributed by atoms with Gasteiger partial charge in [0.1, 0.15) is 0 Å². The van der Waals surface area contributed by atoms with Crippen LogP contribution >= 0.6 is 11.6 Å². The fourth-order valence-electron chi connectivity index (χ4n) is 1.79. The summed E-state index contributed by atoms with van der Waals surface area (Å²) in [5.41, 5.74) is 0. The molecule has 1 aliphatic rings. The van der Waals surface area contributed by atoms with Crippen LogP contribution in [0.25, 0.3) is 0 Å². The maximum Gasteiger partial charge on any atom is 0.229 e. The van der Waals surface area contributed by atoms with Crippen molar-refractivity contribution in [2.75, 3.05) is 24.3 Å². The topological polar surface area (TPSA) is 72.0 Å². The summed E-state index contributed by atoms with van der Waals surface area (Å²) in [6, 6.07) is 0.354. The van der Waals surface area contributed by atoms with Crippen LogP contribution in [-0.2, 0) is 4.74 Å². The molecule has 2 N–H and O–H groups in total. The van der Waals surface area contributed by atoms with Gasteiger partial charge in [-0.3, -0.25) is 0 Å². The lowest BCUT2D eigenvalue weighted by atomic mass is 9.89. The van der Waals surface area contributed by atoms with E-state index in [9.17, 15) is 0 Å². The summed E-state index contributed by atoms with van der Waals surface area (Å²) in [6.45, 7) is 2.89. The van der Waals surface area contributed by atoms with E-state index >= 15 is 0 Å². The molecule has 0 unspecified atom stereocenters. The second kappa shape index (κ2) is 6.15. The van der Waals surface area contributed by atoms with Crippen LogP contribution in [0.2, 0.25) is 5.28 Å². The number of nitrogens with zero attached hydrogens (tertiary/aromatic N) is 3. The Morgan fingerprint density at radius 2 is 2.00 bits per heavy atom. The predicted octanol–water partition coefficient (Wildman–Crippen LogP) is 1.94. The molecule has 2 rings (SSSR count). The molecule has 0 amide bonds. The summed E-state index contributed by atoms with van der Waals surface area (Å²) in [5, 5.41) is 6.53. The Hall–Kier alpha value is -1.14. The second-order valence-corrected chi connectivity index (χ2v) is 4.69. The molecule has 0 atom stereocenters. The van der Waals surface area contributed by atoms with Crippen LogP contribution in [0, 0.1) is 0 Å². The SMILES string of the molecule is CCCNc1nc(Cl)nc(NC2CC(OC)C2)n1. The Balaban J connectivity index is 1.93. The van der Waals surface area contributed by atoms with Gasteiger partial charge in [-0.2, -0.15) is 15.0 Å². The second-order valence-electron chi connectivity index (χ2n) is 4.35. The Morgan fingerprint density at radius 3 is 2.67 bits per heavy atom. The summed E-state index contributed by atoms with van der Waals surface area (Å²) in [7, 11) is 1.73. The van der Waals surface area contributed by atoms with Crippen LogP contribution in [0.1, 0.15) is 26.2 Å². The van der Waals surface area contributed by atoms with E-state index in [0.29, 0.717) is 24.0 Å². The molecular formula is C11H18ClN5O. The number of anilines is 2. The number of rotatable bonds is 6. The van der Waals surface area contributed by atoms with Gasteiger partial charge in [0.15, 0.2) is 0 Å². The number of hydrogen-bond donors (Lipinski definition) is 2. The quantitative estimate of drug-likeness (QED) is 0.824. The third-order valence-corrected chi connectivity index (χ3v) is 3.07. The highest BCUT2D eigenvalue weighted by atomic mass is 35.5. The Kier molecular flexibility index (Phi) is 4.54. The van der Waals surface area contributed by atoms with Crippen molar-refractivity contribution in [3.05, 3.63) is 5.28 Å². The Labute approximate surface area is 112 Å². The lowest BCUT2D eigenvalue weighted by Gasteiger charge is -2.34. The monoisotopic (exact) mass is 271 g/mol. The highest BCUT2D eigenvalue weighted by Crippen LogP contribution is 2.25. The highest BCUT2D eigenvalue weighted by Gasteiger charge is 2.29. The van der Waals surface area contributed by atoms with Gasteiger partial charge >= 0.3 is 0 Å². The van der Waals surface area contributed by atoms with Crippen LogP contribution in [0.4, 0.5) is 11.9 Å². The summed E-state index contributed by atoms with van der Waals surface area (Å²) in [4.78, 5) is 12.4. The van der Waals surface area contributed by atoms with Gasteiger partial charge in [-0.05, 0) is 30.9 Å². The zero-order valence-corrected chi connectivity index (χ0v) is 11.4. The predicted molar refractivity (Wildman–Crippen MR) is 71.1 cm³/mol. The molecule has 0 saturated heterocycles. The summed E-state index contributed by atoms with van der Waals surface area (Å²) < 4.78 is 5.22. The minimum Gasteiger partial charge on any atom is -0.381 e.